The van der Waals surface area contributed by atoms with E-state index in [0.717, 1.165) is 17.0 Å². The number of hydrogen-bond donors (Lipinski definition) is 1. The van der Waals surface area contributed by atoms with E-state index >= 15 is 0 Å². The highest BCUT2D eigenvalue weighted by molar-refractivity contribution is 7.92. The number of nitrogens with one attached hydrogen (secondary N) is 1. The van der Waals surface area contributed by atoms with Crippen molar-refractivity contribution in [2.24, 2.45) is 0 Å². The molecule has 160 valence electrons. The average Bonchev–Trinajstić information content (AvgIpc) is 3.11. The van der Waals surface area contributed by atoms with E-state index in [1.54, 1.807) is 37.3 Å². The maximum Gasteiger partial charge on any atom is 0.232 e. The predicted octanol–water partition coefficient (Wildman–Crippen LogP) is 6.15. The third-order valence-corrected chi connectivity index (χ3v) is 6.25. The Balaban J connectivity index is 1.84. The Hall–Kier alpha value is -3.10. The maximum absolute atomic E-state index is 14.3. The lowest BCUT2D eigenvalue weighted by molar-refractivity contribution is 0.444. The fourth-order valence-electron chi connectivity index (χ4n) is 3.06. The summed E-state index contributed by atoms with van der Waals surface area (Å²) < 4.78 is 52.0. The van der Waals surface area contributed by atoms with E-state index in [4.69, 9.17) is 20.9 Å². The summed E-state index contributed by atoms with van der Waals surface area (Å²) in [5, 5.41) is 5.02. The molecule has 4 aromatic rings. The van der Waals surface area contributed by atoms with Gasteiger partial charge >= 0.3 is 0 Å². The number of nitrogens with zero attached hydrogens (tertiary/aromatic N) is 1. The molecule has 0 saturated carbocycles. The zero-order valence-corrected chi connectivity index (χ0v) is 18.2. The first-order chi connectivity index (χ1) is 14.8. The van der Waals surface area contributed by atoms with Crippen LogP contribution in [-0.2, 0) is 10.0 Å². The number of ether oxygens (including phenoxy) is 1. The van der Waals surface area contributed by atoms with Gasteiger partial charge in [-0.15, -0.1) is 0 Å². The van der Waals surface area contributed by atoms with Crippen LogP contribution in [0.2, 0.25) is 5.02 Å². The molecular formula is C22H18ClFN2O4S. The summed E-state index contributed by atoms with van der Waals surface area (Å²) in [5.41, 5.74) is 2.98. The number of sulfonamides is 1. The Morgan fingerprint density at radius 2 is 1.87 bits per heavy atom. The van der Waals surface area contributed by atoms with Gasteiger partial charge in [0, 0.05) is 21.7 Å². The third kappa shape index (κ3) is 4.50. The van der Waals surface area contributed by atoms with Crippen molar-refractivity contribution < 1.29 is 22.1 Å². The van der Waals surface area contributed by atoms with Gasteiger partial charge < -0.3 is 9.26 Å². The summed E-state index contributed by atoms with van der Waals surface area (Å²) in [5.74, 6) is -0.342. The number of benzene rings is 3. The van der Waals surface area contributed by atoms with Crippen LogP contribution < -0.4 is 9.46 Å². The van der Waals surface area contributed by atoms with Gasteiger partial charge in [0.2, 0.25) is 10.0 Å². The summed E-state index contributed by atoms with van der Waals surface area (Å²) in [7, 11) is -3.48. The van der Waals surface area contributed by atoms with E-state index in [1.807, 2.05) is 13.0 Å². The second-order valence-corrected chi connectivity index (χ2v) is 9.32. The molecule has 0 aliphatic rings. The van der Waals surface area contributed by atoms with E-state index in [-0.39, 0.29) is 16.5 Å². The predicted molar refractivity (Wildman–Crippen MR) is 119 cm³/mol. The molecule has 0 saturated heterocycles. The van der Waals surface area contributed by atoms with Crippen LogP contribution in [0.15, 0.2) is 59.1 Å². The largest absolute Gasteiger partial charge is 0.454 e. The minimum Gasteiger partial charge on any atom is -0.454 e. The van der Waals surface area contributed by atoms with Crippen LogP contribution in [0.4, 0.5) is 10.1 Å². The molecule has 3 aromatic carbocycles. The highest BCUT2D eigenvalue weighted by Crippen LogP contribution is 2.38. The molecule has 0 fully saturated rings. The first-order valence-electron chi connectivity index (χ1n) is 9.39. The number of aryl methyl sites for hydroxylation is 1. The molecule has 1 N–H and O–H groups in total. The zero-order valence-electron chi connectivity index (χ0n) is 16.6. The number of fused-ring (bicyclic) bond motifs is 1. The van der Waals surface area contributed by atoms with Crippen LogP contribution in [0.25, 0.3) is 22.1 Å². The molecule has 4 rings (SSSR count). The molecule has 0 radical (unpaired) electrons. The first kappa shape index (κ1) is 21.1. The lowest BCUT2D eigenvalue weighted by atomic mass is 10.0. The SMILES string of the molecule is CCS(=O)(=O)Nc1ccc(Oc2ccc(Cl)cc2F)c(-c2ccc3onc(C)c3c2)c1. The minimum absolute atomic E-state index is 0.00484. The number of hydrogen-bond acceptors (Lipinski definition) is 5. The van der Waals surface area contributed by atoms with Gasteiger partial charge in [-0.2, -0.15) is 0 Å². The summed E-state index contributed by atoms with van der Waals surface area (Å²) in [4.78, 5) is 0. The van der Waals surface area contributed by atoms with Crippen LogP contribution in [0.3, 0.4) is 0 Å². The van der Waals surface area contributed by atoms with Gasteiger partial charge in [0.05, 0.1) is 11.4 Å². The Morgan fingerprint density at radius 3 is 2.61 bits per heavy atom. The Kier molecular flexibility index (Phi) is 5.60. The van der Waals surface area contributed by atoms with Gasteiger partial charge in [-0.25, -0.2) is 12.8 Å². The van der Waals surface area contributed by atoms with E-state index in [1.165, 1.54) is 12.1 Å². The van der Waals surface area contributed by atoms with Crippen molar-refractivity contribution in [2.75, 3.05) is 10.5 Å². The van der Waals surface area contributed by atoms with Gasteiger partial charge in [0.25, 0.3) is 0 Å². The highest BCUT2D eigenvalue weighted by Gasteiger charge is 2.16. The summed E-state index contributed by atoms with van der Waals surface area (Å²) >= 11 is 5.83. The van der Waals surface area contributed by atoms with E-state index < -0.39 is 15.8 Å². The molecule has 0 unspecified atom stereocenters. The average molecular weight is 461 g/mol. The minimum atomic E-state index is -3.48. The fraction of sp³-hybridized carbons (Fsp3) is 0.136. The van der Waals surface area contributed by atoms with E-state index in [0.29, 0.717) is 28.3 Å². The van der Waals surface area contributed by atoms with Crippen molar-refractivity contribution >= 4 is 38.3 Å². The van der Waals surface area contributed by atoms with Crippen molar-refractivity contribution in [3.05, 3.63) is 71.1 Å². The first-order valence-corrected chi connectivity index (χ1v) is 11.4. The Morgan fingerprint density at radius 1 is 1.10 bits per heavy atom. The van der Waals surface area contributed by atoms with E-state index in [2.05, 4.69) is 9.88 Å². The standard InChI is InChI=1S/C22H18ClFN2O4S/c1-3-31(27,28)26-16-6-9-20(29-22-8-5-15(23)11-19(22)24)18(12-16)14-4-7-21-17(10-14)13(2)25-30-21/h4-12,26H,3H2,1-2H3. The molecule has 1 heterocycles. The van der Waals surface area contributed by atoms with Gasteiger partial charge in [0.15, 0.2) is 17.1 Å². The van der Waals surface area contributed by atoms with Crippen LogP contribution in [0.5, 0.6) is 11.5 Å². The number of anilines is 1. The fourth-order valence-corrected chi connectivity index (χ4v) is 3.85. The van der Waals surface area contributed by atoms with Gasteiger partial charge in [-0.3, -0.25) is 4.72 Å². The van der Waals surface area contributed by atoms with Crippen molar-refractivity contribution in [3.8, 4) is 22.6 Å². The molecule has 0 aliphatic heterocycles. The number of aromatic nitrogens is 1. The molecular weight excluding hydrogens is 443 g/mol. The quantitative estimate of drug-likeness (QED) is 0.373. The topological polar surface area (TPSA) is 81.4 Å². The zero-order chi connectivity index (χ0) is 22.2. The Labute approximate surface area is 183 Å². The van der Waals surface area contributed by atoms with Crippen LogP contribution in [-0.4, -0.2) is 19.3 Å². The summed E-state index contributed by atoms with van der Waals surface area (Å²) in [6.45, 7) is 3.37. The van der Waals surface area contributed by atoms with Gasteiger partial charge in [0.1, 0.15) is 5.75 Å². The second-order valence-electron chi connectivity index (χ2n) is 6.87. The molecule has 0 amide bonds. The smallest absolute Gasteiger partial charge is 0.232 e. The second kappa shape index (κ2) is 8.20. The van der Waals surface area contributed by atoms with Crippen LogP contribution in [0.1, 0.15) is 12.6 Å². The van der Waals surface area contributed by atoms with Gasteiger partial charge in [-0.1, -0.05) is 22.8 Å². The van der Waals surface area contributed by atoms with Crippen molar-refractivity contribution in [2.45, 2.75) is 13.8 Å². The molecule has 0 spiro atoms. The van der Waals surface area contributed by atoms with Crippen molar-refractivity contribution in [1.29, 1.82) is 0 Å². The number of rotatable bonds is 6. The molecule has 1 aromatic heterocycles. The number of halogens is 2. The Bertz CT molecular complexity index is 1390. The maximum atomic E-state index is 14.3. The third-order valence-electron chi connectivity index (χ3n) is 4.71. The van der Waals surface area contributed by atoms with Crippen LogP contribution >= 0.6 is 11.6 Å². The highest BCUT2D eigenvalue weighted by atomic mass is 35.5. The lowest BCUT2D eigenvalue weighted by Crippen LogP contribution is -2.14. The molecule has 9 heteroatoms. The molecule has 31 heavy (non-hydrogen) atoms. The normalized spacial score (nSPS) is 11.6. The van der Waals surface area contributed by atoms with Gasteiger partial charge in [-0.05, 0) is 67.9 Å². The summed E-state index contributed by atoms with van der Waals surface area (Å²) in [6, 6.07) is 14.3. The molecule has 6 nitrogen and oxygen atoms in total. The van der Waals surface area contributed by atoms with Crippen LogP contribution in [0, 0.1) is 12.7 Å². The monoisotopic (exact) mass is 460 g/mol. The summed E-state index contributed by atoms with van der Waals surface area (Å²) in [6.07, 6.45) is 0. The molecule has 0 bridgehead atoms. The van der Waals surface area contributed by atoms with Crippen molar-refractivity contribution in [3.63, 3.8) is 0 Å². The van der Waals surface area contributed by atoms with Crippen molar-refractivity contribution in [1.82, 2.24) is 5.16 Å². The lowest BCUT2D eigenvalue weighted by Gasteiger charge is -2.15. The molecule has 0 atom stereocenters. The molecule has 0 aliphatic carbocycles. The van der Waals surface area contributed by atoms with E-state index in [9.17, 15) is 12.8 Å².